The van der Waals surface area contributed by atoms with Crippen molar-refractivity contribution in [2.24, 2.45) is 5.92 Å². The van der Waals surface area contributed by atoms with Crippen molar-refractivity contribution in [2.75, 3.05) is 20.8 Å². The van der Waals surface area contributed by atoms with E-state index in [9.17, 15) is 9.59 Å². The van der Waals surface area contributed by atoms with Crippen molar-refractivity contribution in [1.29, 1.82) is 0 Å². The molecule has 1 fully saturated rings. The second-order valence-corrected chi connectivity index (χ2v) is 8.84. The molecule has 3 aromatic rings. The average Bonchev–Trinajstić information content (AvgIpc) is 3.56. The first-order valence-corrected chi connectivity index (χ1v) is 11.3. The van der Waals surface area contributed by atoms with Crippen LogP contribution in [0.2, 0.25) is 0 Å². The number of aromatic amines is 1. The standard InChI is InChI=1S/C25H28N4O4/c1-15-11-20(27-26-15)25(31)28-10-9-21-17(14-28)12-19(24(30)29(21)13-16-7-8-16)18-5-4-6-22(32-2)23(18)33-3/h4-6,11-12,16H,7-10,13-14H2,1-3H3,(H,26,27). The fourth-order valence-electron chi connectivity index (χ4n) is 4.63. The number of nitrogens with one attached hydrogen (secondary N) is 1. The van der Waals surface area contributed by atoms with Crippen LogP contribution in [0.5, 0.6) is 11.5 Å². The van der Waals surface area contributed by atoms with Crippen LogP contribution in [0.15, 0.2) is 35.1 Å². The van der Waals surface area contributed by atoms with E-state index in [4.69, 9.17) is 9.47 Å². The highest BCUT2D eigenvalue weighted by molar-refractivity contribution is 5.92. The number of aryl methyl sites for hydroxylation is 1. The number of carbonyl (C=O) groups excluding carboxylic acids is 1. The molecule has 1 aliphatic heterocycles. The Hall–Kier alpha value is -3.55. The number of hydrogen-bond acceptors (Lipinski definition) is 5. The molecule has 0 spiro atoms. The molecule has 0 atom stereocenters. The zero-order chi connectivity index (χ0) is 23.1. The summed E-state index contributed by atoms with van der Waals surface area (Å²) in [7, 11) is 3.16. The molecule has 1 N–H and O–H groups in total. The molecule has 1 aliphatic carbocycles. The Morgan fingerprint density at radius 2 is 2.00 bits per heavy atom. The number of ether oxygens (including phenoxy) is 2. The molecule has 8 nitrogen and oxygen atoms in total. The zero-order valence-electron chi connectivity index (χ0n) is 19.2. The fraction of sp³-hybridized carbons (Fsp3) is 0.400. The summed E-state index contributed by atoms with van der Waals surface area (Å²) in [5.41, 5.74) is 4.52. The van der Waals surface area contributed by atoms with Crippen molar-refractivity contribution in [3.05, 3.63) is 63.3 Å². The monoisotopic (exact) mass is 448 g/mol. The summed E-state index contributed by atoms with van der Waals surface area (Å²) in [4.78, 5) is 28.5. The number of para-hydroxylation sites is 1. The normalized spacial score (nSPS) is 15.3. The minimum absolute atomic E-state index is 0.0186. The molecular formula is C25H28N4O4. The number of aromatic nitrogens is 3. The number of methoxy groups -OCH3 is 2. The molecule has 1 saturated carbocycles. The number of hydrogen-bond donors (Lipinski definition) is 1. The van der Waals surface area contributed by atoms with Gasteiger partial charge in [0, 0.05) is 43.0 Å². The van der Waals surface area contributed by atoms with Gasteiger partial charge in [-0.2, -0.15) is 5.10 Å². The summed E-state index contributed by atoms with van der Waals surface area (Å²) in [5.74, 6) is 1.55. The minimum atomic E-state index is -0.106. The Morgan fingerprint density at radius 1 is 1.18 bits per heavy atom. The van der Waals surface area contributed by atoms with Crippen LogP contribution in [0.25, 0.3) is 11.1 Å². The van der Waals surface area contributed by atoms with E-state index in [-0.39, 0.29) is 11.5 Å². The number of benzene rings is 1. The van der Waals surface area contributed by atoms with Crippen molar-refractivity contribution in [1.82, 2.24) is 19.7 Å². The maximum Gasteiger partial charge on any atom is 0.274 e. The Morgan fingerprint density at radius 3 is 2.67 bits per heavy atom. The van der Waals surface area contributed by atoms with E-state index in [0.29, 0.717) is 60.3 Å². The molecule has 33 heavy (non-hydrogen) atoms. The van der Waals surface area contributed by atoms with Gasteiger partial charge >= 0.3 is 0 Å². The van der Waals surface area contributed by atoms with E-state index >= 15 is 0 Å². The highest BCUT2D eigenvalue weighted by atomic mass is 16.5. The number of pyridine rings is 1. The molecule has 0 bridgehead atoms. The van der Waals surface area contributed by atoms with E-state index in [1.54, 1.807) is 25.2 Å². The topological polar surface area (TPSA) is 89.5 Å². The van der Waals surface area contributed by atoms with Gasteiger partial charge in [-0.1, -0.05) is 12.1 Å². The quantitative estimate of drug-likeness (QED) is 0.626. The summed E-state index contributed by atoms with van der Waals surface area (Å²) in [6.07, 6.45) is 2.94. The lowest BCUT2D eigenvalue weighted by Gasteiger charge is -2.31. The third-order valence-corrected chi connectivity index (χ3v) is 6.51. The summed E-state index contributed by atoms with van der Waals surface area (Å²) in [5, 5.41) is 6.97. The first kappa shape index (κ1) is 21.3. The van der Waals surface area contributed by atoms with Crippen molar-refractivity contribution in [2.45, 2.75) is 39.3 Å². The number of nitrogens with zero attached hydrogens (tertiary/aromatic N) is 3. The Balaban J connectivity index is 1.60. The molecule has 8 heteroatoms. The van der Waals surface area contributed by atoms with Gasteiger partial charge in [-0.25, -0.2) is 0 Å². The highest BCUT2D eigenvalue weighted by Gasteiger charge is 2.30. The fourth-order valence-corrected chi connectivity index (χ4v) is 4.63. The van der Waals surface area contributed by atoms with Crippen LogP contribution in [0.3, 0.4) is 0 Å². The van der Waals surface area contributed by atoms with E-state index in [0.717, 1.165) is 29.8 Å². The molecule has 2 aromatic heterocycles. The second kappa shape index (κ2) is 8.42. The molecular weight excluding hydrogens is 420 g/mol. The lowest BCUT2D eigenvalue weighted by molar-refractivity contribution is 0.0726. The Kier molecular flexibility index (Phi) is 5.44. The van der Waals surface area contributed by atoms with E-state index < -0.39 is 0 Å². The van der Waals surface area contributed by atoms with Gasteiger partial charge in [0.15, 0.2) is 11.5 Å². The van der Waals surface area contributed by atoms with Gasteiger partial charge in [0.05, 0.1) is 19.8 Å². The van der Waals surface area contributed by atoms with Gasteiger partial charge in [0.1, 0.15) is 5.69 Å². The lowest BCUT2D eigenvalue weighted by atomic mass is 9.97. The SMILES string of the molecule is COc1cccc(-c2cc3c(n(CC4CC4)c2=O)CCN(C(=O)c2cc(C)[nH]n2)C3)c1OC. The molecule has 0 radical (unpaired) electrons. The number of rotatable bonds is 6. The number of fused-ring (bicyclic) bond motifs is 1. The van der Waals surface area contributed by atoms with Crippen LogP contribution < -0.4 is 15.0 Å². The van der Waals surface area contributed by atoms with Gasteiger partial charge in [-0.3, -0.25) is 14.7 Å². The summed E-state index contributed by atoms with van der Waals surface area (Å²) < 4.78 is 13.0. The largest absolute Gasteiger partial charge is 0.493 e. The molecule has 2 aliphatic rings. The van der Waals surface area contributed by atoms with Crippen molar-refractivity contribution >= 4 is 5.91 Å². The first-order valence-electron chi connectivity index (χ1n) is 11.3. The van der Waals surface area contributed by atoms with Crippen LogP contribution in [-0.2, 0) is 19.5 Å². The third kappa shape index (κ3) is 3.90. The molecule has 5 rings (SSSR count). The van der Waals surface area contributed by atoms with Gasteiger partial charge in [0.25, 0.3) is 11.5 Å². The van der Waals surface area contributed by atoms with Crippen molar-refractivity contribution in [3.8, 4) is 22.6 Å². The molecule has 1 aromatic carbocycles. The van der Waals surface area contributed by atoms with Gasteiger partial charge < -0.3 is 18.9 Å². The van der Waals surface area contributed by atoms with Crippen LogP contribution in [0.4, 0.5) is 0 Å². The maximum absolute atomic E-state index is 13.7. The number of H-pyrrole nitrogens is 1. The highest BCUT2D eigenvalue weighted by Crippen LogP contribution is 2.38. The van der Waals surface area contributed by atoms with Crippen molar-refractivity contribution in [3.63, 3.8) is 0 Å². The van der Waals surface area contributed by atoms with Crippen LogP contribution >= 0.6 is 0 Å². The van der Waals surface area contributed by atoms with Crippen molar-refractivity contribution < 1.29 is 14.3 Å². The molecule has 0 saturated heterocycles. The van der Waals surface area contributed by atoms with E-state index in [2.05, 4.69) is 10.2 Å². The summed E-state index contributed by atoms with van der Waals surface area (Å²) >= 11 is 0. The van der Waals surface area contributed by atoms with Gasteiger partial charge in [-0.05, 0) is 49.4 Å². The Bertz CT molecular complexity index is 1270. The summed E-state index contributed by atoms with van der Waals surface area (Å²) in [6.45, 7) is 3.58. The first-order chi connectivity index (χ1) is 16.0. The number of amides is 1. The molecule has 3 heterocycles. The maximum atomic E-state index is 13.7. The van der Waals surface area contributed by atoms with Crippen LogP contribution in [0.1, 0.15) is 40.3 Å². The predicted octanol–water partition coefficient (Wildman–Crippen LogP) is 3.17. The summed E-state index contributed by atoms with van der Waals surface area (Å²) in [6, 6.07) is 9.24. The minimum Gasteiger partial charge on any atom is -0.493 e. The Labute approximate surface area is 192 Å². The van der Waals surface area contributed by atoms with Crippen LogP contribution in [0, 0.1) is 12.8 Å². The molecule has 0 unspecified atom stereocenters. The van der Waals surface area contributed by atoms with E-state index in [1.165, 1.54) is 0 Å². The van der Waals surface area contributed by atoms with E-state index in [1.807, 2.05) is 35.8 Å². The predicted molar refractivity (Wildman–Crippen MR) is 124 cm³/mol. The average molecular weight is 449 g/mol. The number of carbonyl (C=O) groups is 1. The molecule has 1 amide bonds. The third-order valence-electron chi connectivity index (χ3n) is 6.51. The van der Waals surface area contributed by atoms with Crippen LogP contribution in [-0.4, -0.2) is 46.3 Å². The molecule has 172 valence electrons. The zero-order valence-corrected chi connectivity index (χ0v) is 19.2. The van der Waals surface area contributed by atoms with Gasteiger partial charge in [-0.15, -0.1) is 0 Å². The second-order valence-electron chi connectivity index (χ2n) is 8.84. The lowest BCUT2D eigenvalue weighted by Crippen LogP contribution is -2.40. The smallest absolute Gasteiger partial charge is 0.274 e. The van der Waals surface area contributed by atoms with Gasteiger partial charge in [0.2, 0.25) is 0 Å².